The molecule has 0 radical (unpaired) electrons. The number of thiazole rings is 1. The molecular weight excluding hydrogens is 696 g/mol. The van der Waals surface area contributed by atoms with Crippen LogP contribution in [0.3, 0.4) is 0 Å². The number of aromatic nitrogens is 1. The number of carbonyl (C=O) groups is 1. The van der Waals surface area contributed by atoms with Gasteiger partial charge in [0.25, 0.3) is 5.56 Å². The maximum absolute atomic E-state index is 14.1. The molecule has 5 aromatic rings. The van der Waals surface area contributed by atoms with Gasteiger partial charge in [-0.2, -0.15) is 0 Å². The highest BCUT2D eigenvalue weighted by atomic mass is 79.9. The fraction of sp³-hybridized carbons (Fsp3) is 0.121. The molecule has 2 aromatic heterocycles. The van der Waals surface area contributed by atoms with Crippen molar-refractivity contribution in [1.82, 2.24) is 4.57 Å². The summed E-state index contributed by atoms with van der Waals surface area (Å²) in [6, 6.07) is 25.5. The smallest absolute Gasteiger partial charge is 0.338 e. The van der Waals surface area contributed by atoms with Crippen LogP contribution in [0.25, 0.3) is 23.1 Å². The molecule has 43 heavy (non-hydrogen) atoms. The fourth-order valence-electron chi connectivity index (χ4n) is 4.93. The molecule has 3 aromatic carbocycles. The van der Waals surface area contributed by atoms with Crippen LogP contribution in [0.1, 0.15) is 29.9 Å². The van der Waals surface area contributed by atoms with E-state index in [1.165, 1.54) is 11.3 Å². The Morgan fingerprint density at radius 3 is 2.53 bits per heavy atom. The normalized spacial score (nSPS) is 14.8. The van der Waals surface area contributed by atoms with Crippen LogP contribution < -0.4 is 19.6 Å². The molecule has 0 amide bonds. The Kier molecular flexibility index (Phi) is 8.34. The monoisotopic (exact) mass is 718 g/mol. The topological polar surface area (TPSA) is 83.0 Å². The van der Waals surface area contributed by atoms with Crippen molar-refractivity contribution in [2.75, 3.05) is 13.7 Å². The Morgan fingerprint density at radius 1 is 1.05 bits per heavy atom. The Balaban J connectivity index is 1.56. The molecule has 0 saturated carbocycles. The van der Waals surface area contributed by atoms with Gasteiger partial charge in [-0.1, -0.05) is 85.7 Å². The van der Waals surface area contributed by atoms with Gasteiger partial charge in [-0.05, 0) is 55.0 Å². The van der Waals surface area contributed by atoms with Crippen LogP contribution in [0.4, 0.5) is 0 Å². The van der Waals surface area contributed by atoms with Gasteiger partial charge in [-0.3, -0.25) is 9.36 Å². The van der Waals surface area contributed by atoms with Crippen LogP contribution in [-0.4, -0.2) is 24.3 Å². The number of carbonyl (C=O) groups excluding carboxylic acids is 1. The third kappa shape index (κ3) is 5.70. The maximum Gasteiger partial charge on any atom is 0.338 e. The van der Waals surface area contributed by atoms with Gasteiger partial charge in [0.15, 0.2) is 4.80 Å². The average Bonchev–Trinajstić information content (AvgIpc) is 3.62. The van der Waals surface area contributed by atoms with Crippen molar-refractivity contribution in [3.8, 4) is 17.1 Å². The molecule has 1 aliphatic rings. The van der Waals surface area contributed by atoms with Gasteiger partial charge in [0.2, 0.25) is 0 Å². The number of hydrogen-bond donors (Lipinski definition) is 0. The number of furan rings is 1. The van der Waals surface area contributed by atoms with Crippen LogP contribution in [0.2, 0.25) is 0 Å². The molecule has 10 heteroatoms. The van der Waals surface area contributed by atoms with Crippen LogP contribution in [0.5, 0.6) is 5.75 Å². The third-order valence-electron chi connectivity index (χ3n) is 6.90. The SMILES string of the molecule is CCOC(=O)C1=C(c2ccccc2)N=c2s/c(=C/c3ccc(-c4cc(Br)ccc4Br)o3)c(=O)n2[C@H]1c1ccc(OC)cc1. The Bertz CT molecular complexity index is 2040. The summed E-state index contributed by atoms with van der Waals surface area (Å²) in [4.78, 5) is 33.0. The number of nitrogens with zero attached hydrogens (tertiary/aromatic N) is 2. The second-order valence-corrected chi connectivity index (χ2v) is 12.3. The second kappa shape index (κ2) is 12.3. The highest BCUT2D eigenvalue weighted by Crippen LogP contribution is 2.36. The van der Waals surface area contributed by atoms with Gasteiger partial charge < -0.3 is 13.9 Å². The van der Waals surface area contributed by atoms with Crippen molar-refractivity contribution in [2.24, 2.45) is 4.99 Å². The average molecular weight is 720 g/mol. The van der Waals surface area contributed by atoms with Gasteiger partial charge in [-0.25, -0.2) is 9.79 Å². The fourth-order valence-corrected chi connectivity index (χ4v) is 6.72. The number of benzene rings is 3. The van der Waals surface area contributed by atoms with Crippen molar-refractivity contribution < 1.29 is 18.7 Å². The molecule has 0 N–H and O–H groups in total. The van der Waals surface area contributed by atoms with Gasteiger partial charge in [0, 0.05) is 26.1 Å². The molecule has 0 unspecified atom stereocenters. The summed E-state index contributed by atoms with van der Waals surface area (Å²) in [6.45, 7) is 1.93. The molecule has 0 spiro atoms. The molecule has 0 saturated heterocycles. The summed E-state index contributed by atoms with van der Waals surface area (Å²) in [5, 5.41) is 0. The lowest BCUT2D eigenvalue weighted by Gasteiger charge is -2.26. The minimum absolute atomic E-state index is 0.180. The van der Waals surface area contributed by atoms with E-state index < -0.39 is 12.0 Å². The van der Waals surface area contributed by atoms with Crippen LogP contribution in [0, 0.1) is 0 Å². The van der Waals surface area contributed by atoms with Crippen molar-refractivity contribution in [1.29, 1.82) is 0 Å². The highest BCUT2D eigenvalue weighted by Gasteiger charge is 2.35. The first-order chi connectivity index (χ1) is 20.9. The quantitative estimate of drug-likeness (QED) is 0.174. The predicted octanol–water partition coefficient (Wildman–Crippen LogP) is 6.73. The van der Waals surface area contributed by atoms with E-state index in [1.807, 2.05) is 72.8 Å². The Morgan fingerprint density at radius 2 is 1.81 bits per heavy atom. The van der Waals surface area contributed by atoms with Gasteiger partial charge in [0.05, 0.1) is 35.6 Å². The summed E-state index contributed by atoms with van der Waals surface area (Å²) in [5.41, 5.74) is 2.81. The van der Waals surface area contributed by atoms with E-state index >= 15 is 0 Å². The summed E-state index contributed by atoms with van der Waals surface area (Å²) < 4.78 is 20.8. The molecule has 0 bridgehead atoms. The van der Waals surface area contributed by atoms with Crippen LogP contribution in [-0.2, 0) is 9.53 Å². The summed E-state index contributed by atoms with van der Waals surface area (Å²) in [5.74, 6) is 1.29. The minimum atomic E-state index is -0.775. The van der Waals surface area contributed by atoms with Gasteiger partial charge in [0.1, 0.15) is 17.3 Å². The Hall–Kier alpha value is -3.99. The van der Waals surface area contributed by atoms with Crippen molar-refractivity contribution in [2.45, 2.75) is 13.0 Å². The molecule has 1 atom stereocenters. The standard InChI is InChI=1S/C33H24Br2N2O5S/c1-3-41-32(39)28-29(19-7-5-4-6-8-19)36-33-37(30(28)20-9-12-22(40-2)13-10-20)31(38)27(43-33)18-23-14-16-26(42-23)24-17-21(34)11-15-25(24)35/h4-18,30H,3H2,1-2H3/b27-18+/t30-/m0/s1. The molecule has 216 valence electrons. The lowest BCUT2D eigenvalue weighted by molar-refractivity contribution is -0.138. The third-order valence-corrected chi connectivity index (χ3v) is 9.07. The lowest BCUT2D eigenvalue weighted by atomic mass is 9.93. The molecule has 7 nitrogen and oxygen atoms in total. The largest absolute Gasteiger partial charge is 0.497 e. The molecule has 1 aliphatic heterocycles. The zero-order valence-electron chi connectivity index (χ0n) is 23.0. The highest BCUT2D eigenvalue weighted by molar-refractivity contribution is 9.11. The van der Waals surface area contributed by atoms with E-state index in [2.05, 4.69) is 31.9 Å². The number of methoxy groups -OCH3 is 1. The zero-order chi connectivity index (χ0) is 30.1. The second-order valence-electron chi connectivity index (χ2n) is 9.53. The molecular formula is C33H24Br2N2O5S. The number of fused-ring (bicyclic) bond motifs is 1. The number of hydrogen-bond acceptors (Lipinski definition) is 7. The summed E-state index contributed by atoms with van der Waals surface area (Å²) >= 11 is 8.33. The van der Waals surface area contributed by atoms with Gasteiger partial charge >= 0.3 is 5.97 Å². The molecule has 3 heterocycles. The van der Waals surface area contributed by atoms with E-state index in [4.69, 9.17) is 18.9 Å². The molecule has 0 aliphatic carbocycles. The maximum atomic E-state index is 14.1. The summed E-state index contributed by atoms with van der Waals surface area (Å²) in [7, 11) is 1.59. The van der Waals surface area contributed by atoms with Crippen LogP contribution >= 0.6 is 43.2 Å². The number of ether oxygens (including phenoxy) is 2. The zero-order valence-corrected chi connectivity index (χ0v) is 27.0. The molecule has 6 rings (SSSR count). The van der Waals surface area contributed by atoms with Crippen molar-refractivity contribution in [3.05, 3.63) is 136 Å². The van der Waals surface area contributed by atoms with Crippen LogP contribution in [0.15, 0.2) is 114 Å². The number of halogens is 2. The number of esters is 1. The van der Waals surface area contributed by atoms with E-state index in [-0.39, 0.29) is 17.7 Å². The van der Waals surface area contributed by atoms with E-state index in [9.17, 15) is 9.59 Å². The minimum Gasteiger partial charge on any atom is -0.497 e. The summed E-state index contributed by atoms with van der Waals surface area (Å²) in [6.07, 6.45) is 1.71. The lowest BCUT2D eigenvalue weighted by Crippen LogP contribution is -2.40. The van der Waals surface area contributed by atoms with E-state index in [0.717, 1.165) is 25.6 Å². The van der Waals surface area contributed by atoms with E-state index in [0.29, 0.717) is 32.3 Å². The number of rotatable bonds is 7. The predicted molar refractivity (Wildman–Crippen MR) is 174 cm³/mol. The Labute approximate surface area is 267 Å². The first-order valence-corrected chi connectivity index (χ1v) is 15.8. The van der Waals surface area contributed by atoms with Crippen molar-refractivity contribution in [3.63, 3.8) is 0 Å². The first-order valence-electron chi connectivity index (χ1n) is 13.4. The van der Waals surface area contributed by atoms with E-state index in [1.54, 1.807) is 36.8 Å². The van der Waals surface area contributed by atoms with Gasteiger partial charge in [-0.15, -0.1) is 0 Å². The molecule has 0 fully saturated rings. The first kappa shape index (κ1) is 29.1. The van der Waals surface area contributed by atoms with Crippen molar-refractivity contribution >= 4 is 60.9 Å².